The summed E-state index contributed by atoms with van der Waals surface area (Å²) in [6, 6.07) is 21.3. The fraction of sp³-hybridized carbons (Fsp3) is 0.550. The van der Waals surface area contributed by atoms with Gasteiger partial charge in [-0.2, -0.15) is 0 Å². The molecule has 0 unspecified atom stereocenters. The Kier molecular flexibility index (Phi) is 8.65. The third-order valence-electron chi connectivity index (χ3n) is 12.6. The van der Waals surface area contributed by atoms with E-state index in [4.69, 9.17) is 9.47 Å². The Morgan fingerprint density at radius 2 is 1.36 bits per heavy atom. The third-order valence-corrected chi connectivity index (χ3v) is 12.6. The maximum Gasteiger partial charge on any atom is 0.302 e. The zero-order chi connectivity index (χ0) is 31.1. The molecule has 0 bridgehead atoms. The molecule has 4 fully saturated rings. The molecule has 9 atom stereocenters. The van der Waals surface area contributed by atoms with Crippen molar-refractivity contribution >= 4 is 17.5 Å². The van der Waals surface area contributed by atoms with Crippen LogP contribution in [0.4, 0.5) is 0 Å². The van der Waals surface area contributed by atoms with Crippen LogP contribution in [0.15, 0.2) is 78.4 Å². The number of rotatable bonds is 6. The maximum atomic E-state index is 12.6. The third kappa shape index (κ3) is 5.59. The van der Waals surface area contributed by atoms with Gasteiger partial charge in [-0.25, -0.2) is 0 Å². The highest BCUT2D eigenvalue weighted by atomic mass is 16.5. The minimum atomic E-state index is -0.162. The Morgan fingerprint density at radius 1 is 0.727 bits per heavy atom. The van der Waals surface area contributed by atoms with Gasteiger partial charge in [-0.1, -0.05) is 92.2 Å². The van der Waals surface area contributed by atoms with Crippen LogP contribution in [0.1, 0.15) is 97.1 Å². The number of benzene rings is 2. The second kappa shape index (κ2) is 12.3. The molecule has 0 radical (unpaired) electrons. The molecule has 4 heteroatoms. The van der Waals surface area contributed by atoms with Gasteiger partial charge < -0.3 is 9.47 Å². The molecule has 0 saturated heterocycles. The lowest BCUT2D eigenvalue weighted by atomic mass is 9.44. The predicted molar refractivity (Wildman–Crippen MR) is 175 cm³/mol. The molecule has 0 aliphatic heterocycles. The van der Waals surface area contributed by atoms with Crippen LogP contribution >= 0.6 is 0 Å². The monoisotopic (exact) mass is 594 g/mol. The first-order chi connectivity index (χ1) is 21.1. The largest absolute Gasteiger partial charge is 0.463 e. The van der Waals surface area contributed by atoms with Crippen LogP contribution in [-0.2, 0) is 19.1 Å². The van der Waals surface area contributed by atoms with Crippen molar-refractivity contribution in [3.8, 4) is 0 Å². The Hall–Kier alpha value is -3.14. The molecule has 4 aliphatic rings. The van der Waals surface area contributed by atoms with Gasteiger partial charge in [-0.15, -0.1) is 0 Å². The number of carbonyl (C=O) groups is 2. The van der Waals surface area contributed by atoms with Crippen LogP contribution in [0.2, 0.25) is 0 Å². The molecule has 6 rings (SSSR count). The first kappa shape index (κ1) is 30.9. The average Bonchev–Trinajstić information content (AvgIpc) is 3.37. The van der Waals surface area contributed by atoms with E-state index in [0.717, 1.165) is 32.1 Å². The van der Waals surface area contributed by atoms with Crippen molar-refractivity contribution in [1.29, 1.82) is 0 Å². The first-order valence-electron chi connectivity index (χ1n) is 16.9. The SMILES string of the molecule is CC(=O)O[C@@H]1CC[C@@]2(C)[C@H](CC[C@H]3[C@H]2C[C@H](OC(C)=O)[C@]2(C)[C@H](/C(C)=C\C=C(c4ccccc4)c4ccccc4)CC[C@@H]32)C1. The molecule has 0 aromatic heterocycles. The lowest BCUT2D eigenvalue weighted by molar-refractivity contribution is -0.193. The van der Waals surface area contributed by atoms with Crippen LogP contribution in [-0.4, -0.2) is 24.1 Å². The number of hydrogen-bond acceptors (Lipinski definition) is 4. The highest BCUT2D eigenvalue weighted by molar-refractivity contribution is 5.80. The molecule has 0 heterocycles. The van der Waals surface area contributed by atoms with Crippen molar-refractivity contribution in [1.82, 2.24) is 0 Å². The van der Waals surface area contributed by atoms with Crippen molar-refractivity contribution in [2.24, 2.45) is 40.4 Å². The van der Waals surface area contributed by atoms with Crippen LogP contribution in [0, 0.1) is 40.4 Å². The van der Waals surface area contributed by atoms with Gasteiger partial charge in [0.1, 0.15) is 12.2 Å². The molecule has 4 aliphatic carbocycles. The molecule has 0 spiro atoms. The second-order valence-corrected chi connectivity index (χ2v) is 14.7. The summed E-state index contributed by atoms with van der Waals surface area (Å²) >= 11 is 0. The zero-order valence-electron chi connectivity index (χ0n) is 27.3. The van der Waals surface area contributed by atoms with Gasteiger partial charge in [0.15, 0.2) is 0 Å². The molecule has 234 valence electrons. The van der Waals surface area contributed by atoms with E-state index in [2.05, 4.69) is 93.6 Å². The van der Waals surface area contributed by atoms with E-state index in [1.54, 1.807) is 6.92 Å². The molecule has 0 amide bonds. The van der Waals surface area contributed by atoms with E-state index in [1.165, 1.54) is 48.5 Å². The Balaban J connectivity index is 1.31. The van der Waals surface area contributed by atoms with E-state index >= 15 is 0 Å². The number of hydrogen-bond donors (Lipinski definition) is 0. The summed E-state index contributed by atoms with van der Waals surface area (Å²) in [5.41, 5.74) is 5.15. The van der Waals surface area contributed by atoms with Gasteiger partial charge in [0, 0.05) is 19.3 Å². The number of ether oxygens (including phenoxy) is 2. The van der Waals surface area contributed by atoms with E-state index < -0.39 is 0 Å². The van der Waals surface area contributed by atoms with Gasteiger partial charge >= 0.3 is 11.9 Å². The molecule has 0 N–H and O–H groups in total. The van der Waals surface area contributed by atoms with Crippen molar-refractivity contribution in [2.75, 3.05) is 0 Å². The van der Waals surface area contributed by atoms with Gasteiger partial charge in [0.05, 0.1) is 0 Å². The Bertz CT molecular complexity index is 1370. The molecular weight excluding hydrogens is 544 g/mol. The topological polar surface area (TPSA) is 52.6 Å². The summed E-state index contributed by atoms with van der Waals surface area (Å²) in [5, 5.41) is 0. The van der Waals surface area contributed by atoms with E-state index in [-0.39, 0.29) is 35.0 Å². The predicted octanol–water partition coefficient (Wildman–Crippen LogP) is 9.20. The van der Waals surface area contributed by atoms with Crippen LogP contribution in [0.5, 0.6) is 0 Å². The molecule has 2 aromatic carbocycles. The Morgan fingerprint density at radius 3 is 1.98 bits per heavy atom. The van der Waals surface area contributed by atoms with Crippen molar-refractivity contribution in [3.63, 3.8) is 0 Å². The van der Waals surface area contributed by atoms with E-state index in [0.29, 0.717) is 29.6 Å². The van der Waals surface area contributed by atoms with Gasteiger partial charge in [-0.3, -0.25) is 9.59 Å². The summed E-state index contributed by atoms with van der Waals surface area (Å²) in [4.78, 5) is 24.3. The molecule has 44 heavy (non-hydrogen) atoms. The standard InChI is InChI=1S/C40H50O4/c1-26(16-18-33(29-12-8-6-9-13-29)30-14-10-7-11-15-30)35-20-21-36-34-19-17-31-24-32(43-27(2)41)22-23-39(31,4)37(34)25-38(40(35,36)5)44-28(3)42/h6-16,18,31-32,34-38H,17,19-25H2,1-5H3/b26-16-/t31-,32-,34-,35+,36+,37-,38+,39+,40-/m1/s1. The van der Waals surface area contributed by atoms with Crippen molar-refractivity contribution in [3.05, 3.63) is 89.5 Å². The molecule has 4 nitrogen and oxygen atoms in total. The van der Waals surface area contributed by atoms with Gasteiger partial charge in [-0.05, 0) is 110 Å². The smallest absolute Gasteiger partial charge is 0.302 e. The van der Waals surface area contributed by atoms with Crippen molar-refractivity contribution in [2.45, 2.75) is 98.2 Å². The number of allylic oxidation sites excluding steroid dienone is 3. The highest BCUT2D eigenvalue weighted by Gasteiger charge is 2.64. The fourth-order valence-electron chi connectivity index (χ4n) is 10.5. The molecule has 2 aromatic rings. The normalized spacial score (nSPS) is 36.3. The quantitative estimate of drug-likeness (QED) is 0.247. The van der Waals surface area contributed by atoms with Gasteiger partial charge in [0.2, 0.25) is 0 Å². The van der Waals surface area contributed by atoms with Crippen LogP contribution < -0.4 is 0 Å². The number of fused-ring (bicyclic) bond motifs is 5. The minimum absolute atomic E-state index is 0.0496. The van der Waals surface area contributed by atoms with Crippen molar-refractivity contribution < 1.29 is 19.1 Å². The second-order valence-electron chi connectivity index (χ2n) is 14.7. The summed E-state index contributed by atoms with van der Waals surface area (Å²) in [5.74, 6) is 2.32. The summed E-state index contributed by atoms with van der Waals surface area (Å²) in [6.45, 7) is 10.4. The number of carbonyl (C=O) groups excluding carboxylic acids is 2. The summed E-state index contributed by atoms with van der Waals surface area (Å²) < 4.78 is 12.0. The number of esters is 2. The van der Waals surface area contributed by atoms with E-state index in [9.17, 15) is 9.59 Å². The first-order valence-corrected chi connectivity index (χ1v) is 16.9. The van der Waals surface area contributed by atoms with Crippen LogP contribution in [0.25, 0.3) is 5.57 Å². The van der Waals surface area contributed by atoms with E-state index in [1.807, 2.05) is 0 Å². The average molecular weight is 595 g/mol. The minimum Gasteiger partial charge on any atom is -0.463 e. The lowest BCUT2D eigenvalue weighted by Gasteiger charge is -2.62. The zero-order valence-corrected chi connectivity index (χ0v) is 27.3. The molecule has 4 saturated carbocycles. The summed E-state index contributed by atoms with van der Waals surface area (Å²) in [6.07, 6.45) is 13.3. The highest BCUT2D eigenvalue weighted by Crippen LogP contribution is 2.68. The lowest BCUT2D eigenvalue weighted by Crippen LogP contribution is -2.59. The van der Waals surface area contributed by atoms with Gasteiger partial charge in [0.25, 0.3) is 0 Å². The Labute approximate surface area is 264 Å². The summed E-state index contributed by atoms with van der Waals surface area (Å²) in [7, 11) is 0. The maximum absolute atomic E-state index is 12.6. The molecular formula is C40H50O4. The van der Waals surface area contributed by atoms with Crippen LogP contribution in [0.3, 0.4) is 0 Å². The fourth-order valence-corrected chi connectivity index (χ4v) is 10.5.